The standard InChI is InChI=1S/C27H25F3N2O3.C14H9F3O2.C13H17N2O/c1-2-35-16-24(33)25-22-12-11-20(15-18(22)13-14-31-25)32-26(34)23-6-4-3-5-21(23)17-7-9-19(10-8-17)27(28,29)30;15-14(16,17)10-7-5-9(6-8-10)11-3-1-2-4-12(11)13(18)19;1-2-3-13(16)15-7-6-10-8-12(14)5-4-11(10)9-15/h3-12,15,25,31H,2,13-14,16H2,1H3,(H,32,34);1-8H,(H,18,19);4-5,8,14H,2-3,6-7,9H2,1H3/q;;-1. The Labute approximate surface area is 401 Å². The number of aromatic carboxylic acids is 1. The van der Waals surface area contributed by atoms with E-state index in [-0.39, 0.29) is 29.8 Å². The van der Waals surface area contributed by atoms with Crippen LogP contribution in [0, 0.1) is 0 Å². The number of fused-ring (bicyclic) bond motifs is 2. The highest BCUT2D eigenvalue weighted by atomic mass is 19.4. The number of hydrogen-bond acceptors (Lipinski definition) is 6. The lowest BCUT2D eigenvalue weighted by Gasteiger charge is -2.29. The third kappa shape index (κ3) is 13.5. The normalized spacial score (nSPS) is 14.1. The molecule has 2 aliphatic heterocycles. The van der Waals surface area contributed by atoms with E-state index < -0.39 is 35.5 Å². The summed E-state index contributed by atoms with van der Waals surface area (Å²) in [6, 6.07) is 32.8. The molecule has 0 radical (unpaired) electrons. The molecule has 10 nitrogen and oxygen atoms in total. The Bertz CT molecular complexity index is 2800. The number of benzene rings is 6. The first kappa shape index (κ1) is 52.1. The molecule has 366 valence electrons. The van der Waals surface area contributed by atoms with Gasteiger partial charge < -0.3 is 31.1 Å². The van der Waals surface area contributed by atoms with E-state index in [4.69, 9.17) is 15.6 Å². The van der Waals surface area contributed by atoms with Crippen LogP contribution in [-0.2, 0) is 46.1 Å². The summed E-state index contributed by atoms with van der Waals surface area (Å²) >= 11 is 0. The summed E-state index contributed by atoms with van der Waals surface area (Å²) in [7, 11) is 0. The molecular weight excluding hydrogens is 915 g/mol. The maximum atomic E-state index is 13.1. The fraction of sp³-hybridized carbons (Fsp3) is 0.259. The monoisotopic (exact) mass is 965 g/mol. The number of hydrogen-bond donors (Lipinski definition) is 3. The number of Topliss-reactive ketones (excluding diaryl/α,β-unsaturated/α-hetero) is 1. The largest absolute Gasteiger partial charge is 0.699 e. The molecular formula is C54H51F6N4O6-. The molecule has 4 N–H and O–H groups in total. The minimum absolute atomic E-state index is 0.0346. The van der Waals surface area contributed by atoms with E-state index in [9.17, 15) is 45.5 Å². The third-order valence-corrected chi connectivity index (χ3v) is 11.6. The maximum Gasteiger partial charge on any atom is 0.416 e. The van der Waals surface area contributed by atoms with Gasteiger partial charge in [0.15, 0.2) is 5.78 Å². The van der Waals surface area contributed by atoms with Gasteiger partial charge in [-0.05, 0) is 119 Å². The fourth-order valence-electron chi connectivity index (χ4n) is 8.08. The van der Waals surface area contributed by atoms with Crippen LogP contribution in [0.2, 0.25) is 0 Å². The maximum absolute atomic E-state index is 13.1. The molecule has 2 aliphatic rings. The number of amides is 2. The van der Waals surface area contributed by atoms with Crippen molar-refractivity contribution in [3.63, 3.8) is 0 Å². The van der Waals surface area contributed by atoms with Gasteiger partial charge in [-0.2, -0.15) is 26.3 Å². The molecule has 0 saturated heterocycles. The molecule has 2 heterocycles. The van der Waals surface area contributed by atoms with Gasteiger partial charge in [0.25, 0.3) is 5.91 Å². The molecule has 0 aromatic heterocycles. The molecule has 0 saturated carbocycles. The Balaban J connectivity index is 0.000000192. The molecule has 16 heteroatoms. The number of halogens is 6. The number of nitrogens with one attached hydrogen (secondary N) is 3. The van der Waals surface area contributed by atoms with Crippen molar-refractivity contribution in [1.29, 1.82) is 0 Å². The van der Waals surface area contributed by atoms with Crippen molar-refractivity contribution in [2.45, 2.75) is 64.5 Å². The van der Waals surface area contributed by atoms with Gasteiger partial charge in [-0.15, -0.1) is 5.69 Å². The number of nitrogens with zero attached hydrogens (tertiary/aromatic N) is 1. The zero-order valence-corrected chi connectivity index (χ0v) is 38.3. The Hall–Kier alpha value is -7.30. The number of carboxylic acids is 1. The number of rotatable bonds is 11. The van der Waals surface area contributed by atoms with Crippen LogP contribution in [-0.4, -0.2) is 59.9 Å². The van der Waals surface area contributed by atoms with Crippen LogP contribution in [0.5, 0.6) is 0 Å². The van der Waals surface area contributed by atoms with Crippen molar-refractivity contribution in [3.8, 4) is 22.3 Å². The van der Waals surface area contributed by atoms with Crippen molar-refractivity contribution in [2.75, 3.05) is 31.6 Å². The summed E-state index contributed by atoms with van der Waals surface area (Å²) in [5.41, 5.74) is 13.7. The summed E-state index contributed by atoms with van der Waals surface area (Å²) in [5, 5.41) is 15.1. The Morgan fingerprint density at radius 3 is 1.87 bits per heavy atom. The average molecular weight is 966 g/mol. The van der Waals surface area contributed by atoms with Crippen molar-refractivity contribution in [2.24, 2.45) is 0 Å². The van der Waals surface area contributed by atoms with E-state index in [2.05, 4.69) is 10.6 Å². The first-order valence-corrected chi connectivity index (χ1v) is 22.5. The van der Waals surface area contributed by atoms with Crippen molar-refractivity contribution in [1.82, 2.24) is 10.2 Å². The SMILES string of the molecule is CCCC(=O)N1CCc2cc([NH-])ccc2C1.CCOCC(=O)C1NCCc2cc(NC(=O)c3ccccc3-c3ccc(C(F)(F)F)cc3)ccc21.O=C(O)c1ccccc1-c1ccc(C(F)(F)F)cc1. The van der Waals surface area contributed by atoms with Crippen LogP contribution in [0.25, 0.3) is 28.0 Å². The zero-order valence-electron chi connectivity index (χ0n) is 38.3. The Morgan fingerprint density at radius 1 is 0.714 bits per heavy atom. The number of alkyl halides is 6. The fourth-order valence-corrected chi connectivity index (χ4v) is 8.08. The number of anilines is 1. The topological polar surface area (TPSA) is 149 Å². The lowest BCUT2D eigenvalue weighted by molar-refractivity contribution is -0.138. The summed E-state index contributed by atoms with van der Waals surface area (Å²) in [6.45, 7) is 6.51. The van der Waals surface area contributed by atoms with Gasteiger partial charge in [0, 0.05) is 43.9 Å². The van der Waals surface area contributed by atoms with Gasteiger partial charge in [-0.3, -0.25) is 14.4 Å². The lowest BCUT2D eigenvalue weighted by atomic mass is 9.91. The van der Waals surface area contributed by atoms with Crippen molar-refractivity contribution in [3.05, 3.63) is 184 Å². The predicted octanol–water partition coefficient (Wildman–Crippen LogP) is 12.5. The number of carboxylic acid groups (broad SMARTS) is 1. The van der Waals surface area contributed by atoms with Gasteiger partial charge >= 0.3 is 18.3 Å². The molecule has 1 atom stereocenters. The minimum atomic E-state index is -4.43. The number of ether oxygens (including phenoxy) is 1. The second-order valence-electron chi connectivity index (χ2n) is 16.5. The van der Waals surface area contributed by atoms with E-state index >= 15 is 0 Å². The summed E-state index contributed by atoms with van der Waals surface area (Å²) < 4.78 is 81.3. The van der Waals surface area contributed by atoms with Crippen LogP contribution < -0.4 is 10.6 Å². The molecule has 6 aromatic carbocycles. The number of carbonyl (C=O) groups is 4. The van der Waals surface area contributed by atoms with E-state index in [1.54, 1.807) is 54.6 Å². The van der Waals surface area contributed by atoms with Gasteiger partial charge in [0.2, 0.25) is 5.91 Å². The molecule has 8 rings (SSSR count). The molecule has 1 unspecified atom stereocenters. The summed E-state index contributed by atoms with van der Waals surface area (Å²) in [5.74, 6) is -1.29. The van der Waals surface area contributed by atoms with E-state index in [1.807, 2.05) is 43.0 Å². The van der Waals surface area contributed by atoms with Crippen molar-refractivity contribution < 1.29 is 55.4 Å². The summed E-state index contributed by atoms with van der Waals surface area (Å²) in [4.78, 5) is 50.3. The first-order chi connectivity index (χ1) is 33.4. The van der Waals surface area contributed by atoms with Crippen LogP contribution in [0.3, 0.4) is 0 Å². The minimum Gasteiger partial charge on any atom is -0.699 e. The van der Waals surface area contributed by atoms with Crippen LogP contribution in [0.4, 0.5) is 37.7 Å². The Kier molecular flexibility index (Phi) is 17.4. The quantitative estimate of drug-likeness (QED) is 0.109. The van der Waals surface area contributed by atoms with E-state index in [1.165, 1.54) is 41.5 Å². The lowest BCUT2D eigenvalue weighted by Crippen LogP contribution is -2.37. The second-order valence-corrected chi connectivity index (χ2v) is 16.5. The summed E-state index contributed by atoms with van der Waals surface area (Å²) in [6.07, 6.45) is -5.67. The second kappa shape index (κ2) is 23.3. The molecule has 2 amide bonds. The van der Waals surface area contributed by atoms with Gasteiger partial charge in [0.1, 0.15) is 6.61 Å². The highest BCUT2D eigenvalue weighted by molar-refractivity contribution is 6.09. The van der Waals surface area contributed by atoms with Gasteiger partial charge in [0.05, 0.1) is 22.7 Å². The molecule has 0 fully saturated rings. The average Bonchev–Trinajstić information content (AvgIpc) is 3.35. The molecule has 0 spiro atoms. The van der Waals surface area contributed by atoms with Gasteiger partial charge in [-0.25, -0.2) is 4.79 Å². The molecule has 70 heavy (non-hydrogen) atoms. The third-order valence-electron chi connectivity index (χ3n) is 11.6. The highest BCUT2D eigenvalue weighted by Crippen LogP contribution is 2.34. The predicted molar refractivity (Wildman–Crippen MR) is 256 cm³/mol. The smallest absolute Gasteiger partial charge is 0.416 e. The van der Waals surface area contributed by atoms with Crippen molar-refractivity contribution >= 4 is 34.9 Å². The van der Waals surface area contributed by atoms with Gasteiger partial charge in [-0.1, -0.05) is 91.9 Å². The van der Waals surface area contributed by atoms with Crippen LogP contribution in [0.15, 0.2) is 133 Å². The van der Waals surface area contributed by atoms with E-state index in [0.29, 0.717) is 71.7 Å². The zero-order chi connectivity index (χ0) is 50.6. The van der Waals surface area contributed by atoms with Crippen LogP contribution >= 0.6 is 0 Å². The molecule has 6 aromatic rings. The first-order valence-electron chi connectivity index (χ1n) is 22.5. The molecule has 0 bridgehead atoms. The number of carbonyl (C=O) groups excluding carboxylic acids is 3. The number of ketones is 1. The highest BCUT2D eigenvalue weighted by Gasteiger charge is 2.31. The molecule has 0 aliphatic carbocycles. The Morgan fingerprint density at radius 2 is 1.30 bits per heavy atom. The van der Waals surface area contributed by atoms with Crippen LogP contribution in [0.1, 0.15) is 86.8 Å². The van der Waals surface area contributed by atoms with E-state index in [0.717, 1.165) is 54.8 Å².